The minimum atomic E-state index is 0.139. The number of benzene rings is 1. The Morgan fingerprint density at radius 1 is 1.33 bits per heavy atom. The molecule has 1 aliphatic carbocycles. The van der Waals surface area contributed by atoms with Gasteiger partial charge in [0.15, 0.2) is 0 Å². The zero-order valence-corrected chi connectivity index (χ0v) is 10.9. The van der Waals surface area contributed by atoms with E-state index in [1.807, 2.05) is 24.3 Å². The highest BCUT2D eigenvalue weighted by molar-refractivity contribution is 6.30. The molecule has 4 nitrogen and oxygen atoms in total. The van der Waals surface area contributed by atoms with Crippen LogP contribution in [0.2, 0.25) is 5.02 Å². The number of alkyl halides is 1. The lowest BCUT2D eigenvalue weighted by atomic mass is 10.3. The first-order valence-corrected chi connectivity index (χ1v) is 6.39. The molecule has 92 valence electrons. The summed E-state index contributed by atoms with van der Waals surface area (Å²) in [6.45, 7) is 0. The van der Waals surface area contributed by atoms with Gasteiger partial charge < -0.3 is 0 Å². The maximum absolute atomic E-state index is 6.09. The molecule has 18 heavy (non-hydrogen) atoms. The summed E-state index contributed by atoms with van der Waals surface area (Å²) in [5.41, 5.74) is 0.834. The van der Waals surface area contributed by atoms with Crippen LogP contribution in [0, 0.1) is 5.92 Å². The van der Waals surface area contributed by atoms with Gasteiger partial charge in [0.05, 0.1) is 5.69 Å². The predicted octanol–water partition coefficient (Wildman–Crippen LogP) is 3.14. The van der Waals surface area contributed by atoms with Crippen LogP contribution in [0.25, 0.3) is 0 Å². The minimum Gasteiger partial charge on any atom is -0.233 e. The van der Waals surface area contributed by atoms with Crippen molar-refractivity contribution in [3.63, 3.8) is 0 Å². The van der Waals surface area contributed by atoms with Crippen LogP contribution in [0.3, 0.4) is 0 Å². The van der Waals surface area contributed by atoms with Gasteiger partial charge in [-0.1, -0.05) is 11.6 Å². The molecule has 0 N–H and O–H groups in total. The molecule has 0 bridgehead atoms. The zero-order chi connectivity index (χ0) is 12.5. The third kappa shape index (κ3) is 2.40. The van der Waals surface area contributed by atoms with E-state index in [-0.39, 0.29) is 11.3 Å². The van der Waals surface area contributed by atoms with Crippen LogP contribution < -0.4 is 0 Å². The summed E-state index contributed by atoms with van der Waals surface area (Å²) in [5, 5.41) is 4.95. The predicted molar refractivity (Wildman–Crippen MR) is 71.7 cm³/mol. The Kier molecular flexibility index (Phi) is 3.06. The number of hydrogen-bond donors (Lipinski definition) is 0. The van der Waals surface area contributed by atoms with E-state index >= 15 is 0 Å². The van der Waals surface area contributed by atoms with E-state index in [9.17, 15) is 0 Å². The average molecular weight is 281 g/mol. The summed E-state index contributed by atoms with van der Waals surface area (Å²) in [7, 11) is 0. The van der Waals surface area contributed by atoms with Gasteiger partial charge >= 0.3 is 0 Å². The van der Waals surface area contributed by atoms with Gasteiger partial charge in [0.25, 0.3) is 0 Å². The van der Waals surface area contributed by atoms with Crippen molar-refractivity contribution in [2.75, 3.05) is 0 Å². The fourth-order valence-electron chi connectivity index (χ4n) is 1.71. The molecule has 1 heterocycles. The molecule has 0 spiro atoms. The Balaban J connectivity index is 1.96. The molecular formula is C12H10Cl2N4. The number of aliphatic imine (C=N–C) groups is 1. The third-order valence-corrected chi connectivity index (χ3v) is 3.50. The maximum Gasteiger partial charge on any atom is 0.138 e. The average Bonchev–Trinajstić information content (AvgIpc) is 2.89. The van der Waals surface area contributed by atoms with Crippen molar-refractivity contribution < 1.29 is 0 Å². The Labute approximate surface area is 114 Å². The van der Waals surface area contributed by atoms with E-state index in [1.165, 1.54) is 6.33 Å². The van der Waals surface area contributed by atoms with Gasteiger partial charge in [-0.3, -0.25) is 0 Å². The van der Waals surface area contributed by atoms with Gasteiger partial charge in [0, 0.05) is 16.3 Å². The second kappa shape index (κ2) is 4.71. The van der Waals surface area contributed by atoms with Crippen LogP contribution in [0.15, 0.2) is 41.9 Å². The number of hydrogen-bond acceptors (Lipinski definition) is 3. The summed E-state index contributed by atoms with van der Waals surface area (Å²) in [6, 6.07) is 7.35. The van der Waals surface area contributed by atoms with Crippen LogP contribution in [0.5, 0.6) is 0 Å². The van der Waals surface area contributed by atoms with Crippen molar-refractivity contribution in [3.05, 3.63) is 41.9 Å². The molecule has 0 amide bonds. The van der Waals surface area contributed by atoms with Crippen molar-refractivity contribution in [2.24, 2.45) is 10.9 Å². The Morgan fingerprint density at radius 2 is 2.06 bits per heavy atom. The van der Waals surface area contributed by atoms with Gasteiger partial charge in [-0.2, -0.15) is 5.10 Å². The van der Waals surface area contributed by atoms with E-state index in [0.29, 0.717) is 5.02 Å². The normalized spacial score (nSPS) is 23.1. The molecule has 2 atom stereocenters. The lowest BCUT2D eigenvalue weighted by Crippen LogP contribution is -2.15. The molecule has 2 unspecified atom stereocenters. The highest BCUT2D eigenvalue weighted by Gasteiger charge is 2.41. The van der Waals surface area contributed by atoms with E-state index in [4.69, 9.17) is 23.2 Å². The molecule has 1 fully saturated rings. The first-order valence-electron chi connectivity index (χ1n) is 5.57. The van der Waals surface area contributed by atoms with E-state index in [1.54, 1.807) is 11.0 Å². The van der Waals surface area contributed by atoms with E-state index < -0.39 is 0 Å². The van der Waals surface area contributed by atoms with Gasteiger partial charge in [0.2, 0.25) is 0 Å². The van der Waals surface area contributed by atoms with Gasteiger partial charge in [-0.25, -0.2) is 14.7 Å². The lowest BCUT2D eigenvalue weighted by molar-refractivity contribution is 0.882. The Bertz CT molecular complexity index is 562. The molecular weight excluding hydrogens is 271 g/mol. The molecule has 2 aromatic rings. The Hall–Kier alpha value is -1.39. The van der Waals surface area contributed by atoms with Crippen molar-refractivity contribution in [1.29, 1.82) is 0 Å². The van der Waals surface area contributed by atoms with Gasteiger partial charge in [-0.15, -0.1) is 11.6 Å². The standard InChI is InChI=1S/C12H10Cl2N4/c13-8-1-3-9(4-2-8)17-12(10-5-11(10)14)18-7-15-6-16-18/h1-4,6-7,10-11H,5H2. The maximum atomic E-state index is 6.09. The van der Waals surface area contributed by atoms with Gasteiger partial charge in [-0.05, 0) is 30.7 Å². The first kappa shape index (κ1) is 11.7. The molecule has 0 radical (unpaired) electrons. The van der Waals surface area contributed by atoms with Crippen LogP contribution in [0.4, 0.5) is 5.69 Å². The Morgan fingerprint density at radius 3 is 2.61 bits per heavy atom. The SMILES string of the molecule is Clc1ccc(N=C(C2CC2Cl)n2cncn2)cc1. The highest BCUT2D eigenvalue weighted by atomic mass is 35.5. The quantitative estimate of drug-likeness (QED) is 0.482. The van der Waals surface area contributed by atoms with E-state index in [0.717, 1.165) is 17.9 Å². The molecule has 3 rings (SSSR count). The number of nitrogens with zero attached hydrogens (tertiary/aromatic N) is 4. The smallest absolute Gasteiger partial charge is 0.138 e. The van der Waals surface area contributed by atoms with Crippen molar-refractivity contribution in [3.8, 4) is 0 Å². The fraction of sp³-hybridized carbons (Fsp3) is 0.250. The van der Waals surface area contributed by atoms with Crippen LogP contribution >= 0.6 is 23.2 Å². The summed E-state index contributed by atoms with van der Waals surface area (Å²) >= 11 is 11.9. The molecule has 6 heteroatoms. The number of rotatable bonds is 2. The minimum absolute atomic E-state index is 0.139. The number of halogens is 2. The van der Waals surface area contributed by atoms with Crippen molar-refractivity contribution >= 4 is 34.7 Å². The summed E-state index contributed by atoms with van der Waals surface area (Å²) in [4.78, 5) is 8.53. The molecule has 1 aliphatic rings. The summed E-state index contributed by atoms with van der Waals surface area (Å²) < 4.78 is 1.67. The summed E-state index contributed by atoms with van der Waals surface area (Å²) in [6.07, 6.45) is 4.05. The van der Waals surface area contributed by atoms with Crippen LogP contribution in [-0.2, 0) is 0 Å². The first-order chi connectivity index (χ1) is 8.74. The molecule has 1 aromatic heterocycles. The van der Waals surface area contributed by atoms with Crippen LogP contribution in [-0.4, -0.2) is 26.0 Å². The number of aromatic nitrogens is 3. The molecule has 0 aliphatic heterocycles. The fourth-order valence-corrected chi connectivity index (χ4v) is 2.14. The lowest BCUT2D eigenvalue weighted by Gasteiger charge is -2.04. The topological polar surface area (TPSA) is 43.1 Å². The molecule has 1 saturated carbocycles. The van der Waals surface area contributed by atoms with E-state index in [2.05, 4.69) is 15.1 Å². The summed E-state index contributed by atoms with van der Waals surface area (Å²) in [5.74, 6) is 1.07. The van der Waals surface area contributed by atoms with Crippen molar-refractivity contribution in [1.82, 2.24) is 14.8 Å². The second-order valence-electron chi connectivity index (χ2n) is 4.14. The zero-order valence-electron chi connectivity index (χ0n) is 9.37. The molecule has 1 aromatic carbocycles. The highest BCUT2D eigenvalue weighted by Crippen LogP contribution is 2.38. The second-order valence-corrected chi connectivity index (χ2v) is 5.14. The van der Waals surface area contributed by atoms with Crippen molar-refractivity contribution in [2.45, 2.75) is 11.8 Å². The van der Waals surface area contributed by atoms with Gasteiger partial charge in [0.1, 0.15) is 18.5 Å². The third-order valence-electron chi connectivity index (χ3n) is 2.77. The van der Waals surface area contributed by atoms with Crippen LogP contribution in [0.1, 0.15) is 6.42 Å². The monoisotopic (exact) mass is 280 g/mol. The largest absolute Gasteiger partial charge is 0.233 e. The molecule has 0 saturated heterocycles.